The van der Waals surface area contributed by atoms with E-state index < -0.39 is 17.7 Å². The van der Waals surface area contributed by atoms with Gasteiger partial charge in [0.25, 0.3) is 0 Å². The lowest BCUT2D eigenvalue weighted by Gasteiger charge is -2.28. The number of fused-ring (bicyclic) bond motifs is 2. The fraction of sp³-hybridized carbons (Fsp3) is 0.0952. The van der Waals surface area contributed by atoms with Crippen LogP contribution in [-0.2, 0) is 6.18 Å². The molecule has 0 bridgehead atoms. The summed E-state index contributed by atoms with van der Waals surface area (Å²) in [6.45, 7) is 0. The highest BCUT2D eigenvalue weighted by atomic mass is 79.9. The summed E-state index contributed by atoms with van der Waals surface area (Å²) in [6.07, 6.45) is -4.57. The summed E-state index contributed by atoms with van der Waals surface area (Å²) in [5.41, 5.74) is 5.49. The average Bonchev–Trinajstić information content (AvgIpc) is 2.65. The van der Waals surface area contributed by atoms with Gasteiger partial charge in [-0.1, -0.05) is 40.2 Å². The molecular formula is C21H12BrF3N2O. The molecule has 1 aliphatic rings. The van der Waals surface area contributed by atoms with Gasteiger partial charge in [0.15, 0.2) is 0 Å². The third-order valence-electron chi connectivity index (χ3n) is 4.71. The van der Waals surface area contributed by atoms with Crippen LogP contribution < -0.4 is 10.5 Å². The van der Waals surface area contributed by atoms with Crippen molar-refractivity contribution in [2.24, 2.45) is 5.73 Å². The predicted octanol–water partition coefficient (Wildman–Crippen LogP) is 5.84. The van der Waals surface area contributed by atoms with Crippen molar-refractivity contribution in [1.29, 1.82) is 5.26 Å². The number of halogens is 4. The lowest BCUT2D eigenvalue weighted by atomic mass is 9.80. The SMILES string of the molecule is N#CC1=C(N)Oc2cc3ccc(Br)cc3cc2[C@@H]1c1ccccc1C(F)(F)F. The van der Waals surface area contributed by atoms with Crippen LogP contribution in [0.4, 0.5) is 13.2 Å². The summed E-state index contributed by atoms with van der Waals surface area (Å²) < 4.78 is 47.4. The summed E-state index contributed by atoms with van der Waals surface area (Å²) in [5.74, 6) is -0.823. The van der Waals surface area contributed by atoms with E-state index in [2.05, 4.69) is 15.9 Å². The van der Waals surface area contributed by atoms with E-state index in [0.717, 1.165) is 21.3 Å². The third-order valence-corrected chi connectivity index (χ3v) is 5.21. The molecule has 0 unspecified atom stereocenters. The maximum absolute atomic E-state index is 13.6. The lowest BCUT2D eigenvalue weighted by molar-refractivity contribution is -0.138. The minimum atomic E-state index is -4.57. The van der Waals surface area contributed by atoms with Crippen LogP contribution in [0.25, 0.3) is 10.8 Å². The largest absolute Gasteiger partial charge is 0.440 e. The van der Waals surface area contributed by atoms with Crippen LogP contribution in [0, 0.1) is 11.3 Å². The summed E-state index contributed by atoms with van der Waals surface area (Å²) in [7, 11) is 0. The van der Waals surface area contributed by atoms with E-state index in [1.807, 2.05) is 24.3 Å². The van der Waals surface area contributed by atoms with Crippen molar-refractivity contribution < 1.29 is 17.9 Å². The number of benzene rings is 3. The maximum atomic E-state index is 13.6. The fourth-order valence-electron chi connectivity index (χ4n) is 3.50. The number of alkyl halides is 3. The Balaban J connectivity index is 2.04. The van der Waals surface area contributed by atoms with E-state index in [1.54, 1.807) is 12.1 Å². The van der Waals surface area contributed by atoms with E-state index in [9.17, 15) is 18.4 Å². The Bertz CT molecular complexity index is 1180. The van der Waals surface area contributed by atoms with Gasteiger partial charge in [0.1, 0.15) is 17.4 Å². The minimum Gasteiger partial charge on any atom is -0.440 e. The van der Waals surface area contributed by atoms with Crippen LogP contribution in [0.3, 0.4) is 0 Å². The molecular weight excluding hydrogens is 433 g/mol. The molecule has 0 saturated heterocycles. The highest BCUT2D eigenvalue weighted by molar-refractivity contribution is 9.10. The van der Waals surface area contributed by atoms with Gasteiger partial charge in [0.05, 0.1) is 11.5 Å². The van der Waals surface area contributed by atoms with Crippen molar-refractivity contribution in [3.8, 4) is 11.8 Å². The van der Waals surface area contributed by atoms with Crippen molar-refractivity contribution in [2.45, 2.75) is 12.1 Å². The number of nitrogens with zero attached hydrogens (tertiary/aromatic N) is 1. The minimum absolute atomic E-state index is 0.0339. The zero-order valence-electron chi connectivity index (χ0n) is 14.2. The topological polar surface area (TPSA) is 59.0 Å². The highest BCUT2D eigenvalue weighted by Gasteiger charge is 2.39. The average molecular weight is 445 g/mol. The Hall–Kier alpha value is -2.98. The first kappa shape index (κ1) is 18.4. The van der Waals surface area contributed by atoms with Gasteiger partial charge in [-0.3, -0.25) is 0 Å². The van der Waals surface area contributed by atoms with Crippen LogP contribution in [-0.4, -0.2) is 0 Å². The van der Waals surface area contributed by atoms with Crippen LogP contribution in [0.2, 0.25) is 0 Å². The second-order valence-electron chi connectivity index (χ2n) is 6.39. The third kappa shape index (κ3) is 3.00. The summed E-state index contributed by atoms with van der Waals surface area (Å²) in [5, 5.41) is 11.3. The molecule has 1 atom stereocenters. The molecule has 0 amide bonds. The van der Waals surface area contributed by atoms with E-state index in [1.165, 1.54) is 18.2 Å². The molecule has 28 heavy (non-hydrogen) atoms. The number of ether oxygens (including phenoxy) is 1. The Morgan fingerprint density at radius 1 is 1.00 bits per heavy atom. The lowest BCUT2D eigenvalue weighted by Crippen LogP contribution is -2.23. The van der Waals surface area contributed by atoms with Crippen LogP contribution >= 0.6 is 15.9 Å². The van der Waals surface area contributed by atoms with Gasteiger partial charge >= 0.3 is 6.18 Å². The zero-order chi connectivity index (χ0) is 20.1. The Kier molecular flexibility index (Phi) is 4.31. The molecule has 1 heterocycles. The fourth-order valence-corrected chi connectivity index (χ4v) is 3.88. The van der Waals surface area contributed by atoms with Crippen molar-refractivity contribution in [1.82, 2.24) is 0 Å². The number of rotatable bonds is 1. The van der Waals surface area contributed by atoms with E-state index in [-0.39, 0.29) is 17.0 Å². The molecule has 0 aliphatic carbocycles. The smallest absolute Gasteiger partial charge is 0.416 e. The molecule has 7 heteroatoms. The van der Waals surface area contributed by atoms with Crippen LogP contribution in [0.1, 0.15) is 22.6 Å². The maximum Gasteiger partial charge on any atom is 0.416 e. The number of hydrogen-bond donors (Lipinski definition) is 1. The molecule has 3 aromatic rings. The molecule has 140 valence electrons. The molecule has 0 aromatic heterocycles. The first-order valence-electron chi connectivity index (χ1n) is 8.26. The molecule has 0 fully saturated rings. The van der Waals surface area contributed by atoms with Gasteiger partial charge in [0, 0.05) is 10.0 Å². The first-order valence-corrected chi connectivity index (χ1v) is 9.06. The van der Waals surface area contributed by atoms with Crippen molar-refractivity contribution in [3.05, 3.63) is 87.2 Å². The number of nitriles is 1. The van der Waals surface area contributed by atoms with Crippen LogP contribution in [0.15, 0.2) is 70.5 Å². The monoisotopic (exact) mass is 444 g/mol. The molecule has 2 N–H and O–H groups in total. The number of hydrogen-bond acceptors (Lipinski definition) is 3. The molecule has 1 aliphatic heterocycles. The Morgan fingerprint density at radius 3 is 2.46 bits per heavy atom. The Labute approximate surface area is 167 Å². The second-order valence-corrected chi connectivity index (χ2v) is 7.31. The molecule has 0 spiro atoms. The standard InChI is InChI=1S/C21H12BrF3N2O/c22-13-6-5-11-9-18-15(8-12(11)7-13)19(16(10-26)20(27)28-18)14-3-1-2-4-17(14)21(23,24)25/h1-9,19H,27H2/t19-/m0/s1. The molecule has 3 nitrogen and oxygen atoms in total. The predicted molar refractivity (Wildman–Crippen MR) is 102 cm³/mol. The van der Waals surface area contributed by atoms with Crippen molar-refractivity contribution in [2.75, 3.05) is 0 Å². The van der Waals surface area contributed by atoms with Crippen molar-refractivity contribution in [3.63, 3.8) is 0 Å². The van der Waals surface area contributed by atoms with Gasteiger partial charge in [-0.25, -0.2) is 0 Å². The molecule has 0 saturated carbocycles. The molecule has 4 rings (SSSR count). The Morgan fingerprint density at radius 2 is 1.75 bits per heavy atom. The number of allylic oxidation sites excluding steroid dienone is 1. The second kappa shape index (κ2) is 6.57. The molecule has 0 radical (unpaired) electrons. The van der Waals surface area contributed by atoms with E-state index in [4.69, 9.17) is 10.5 Å². The number of nitrogens with two attached hydrogens (primary N) is 1. The first-order chi connectivity index (χ1) is 13.3. The van der Waals surface area contributed by atoms with Crippen molar-refractivity contribution >= 4 is 26.7 Å². The van der Waals surface area contributed by atoms with E-state index >= 15 is 0 Å². The summed E-state index contributed by atoms with van der Waals surface area (Å²) in [4.78, 5) is 0. The quantitative estimate of drug-likeness (QED) is 0.512. The molecule has 3 aromatic carbocycles. The van der Waals surface area contributed by atoms with Gasteiger partial charge in [-0.15, -0.1) is 0 Å². The van der Waals surface area contributed by atoms with Gasteiger partial charge in [0.2, 0.25) is 5.88 Å². The highest BCUT2D eigenvalue weighted by Crippen LogP contribution is 2.47. The normalized spacial score (nSPS) is 16.5. The summed E-state index contributed by atoms with van der Waals surface area (Å²) >= 11 is 3.40. The van der Waals surface area contributed by atoms with Gasteiger partial charge in [-0.05, 0) is 46.7 Å². The van der Waals surface area contributed by atoms with Gasteiger partial charge < -0.3 is 10.5 Å². The van der Waals surface area contributed by atoms with Gasteiger partial charge in [-0.2, -0.15) is 18.4 Å². The summed E-state index contributed by atoms with van der Waals surface area (Å²) in [6, 6.07) is 16.2. The van der Waals surface area contributed by atoms with E-state index in [0.29, 0.717) is 11.3 Å². The zero-order valence-corrected chi connectivity index (χ0v) is 15.8. The van der Waals surface area contributed by atoms with Crippen LogP contribution in [0.5, 0.6) is 5.75 Å².